The molecule has 0 amide bonds. The first-order valence-electron chi connectivity index (χ1n) is 12.1. The van der Waals surface area contributed by atoms with E-state index in [1.165, 1.54) is 0 Å². The van der Waals surface area contributed by atoms with E-state index >= 15 is 0 Å². The van der Waals surface area contributed by atoms with Crippen LogP contribution in [0.5, 0.6) is 0 Å². The van der Waals surface area contributed by atoms with Crippen LogP contribution in [0.3, 0.4) is 0 Å². The molecule has 0 aromatic carbocycles. The molecular weight excluding hydrogens is 470 g/mol. The largest absolute Gasteiger partial charge is 0.550 e. The van der Waals surface area contributed by atoms with E-state index in [1.807, 2.05) is 0 Å². The molecule has 0 aliphatic carbocycles. The molecular formula is C30H55NO6. The first-order valence-corrected chi connectivity index (χ1v) is 12.1. The Kier molecular flexibility index (Phi) is 17.7. The number of unbranched alkanes of at least 4 members (excludes halogenated alkanes) is 2. The number of terminal acetylenes is 1. The van der Waals surface area contributed by atoms with Crippen molar-refractivity contribution in [1.82, 2.24) is 0 Å². The molecule has 2 unspecified atom stereocenters. The van der Waals surface area contributed by atoms with Crippen LogP contribution in [-0.4, -0.2) is 59.8 Å². The number of nitrogens with zero attached hydrogens (tertiary/aromatic N) is 1. The summed E-state index contributed by atoms with van der Waals surface area (Å²) in [5.41, 5.74) is 0. The third-order valence-corrected chi connectivity index (χ3v) is 5.23. The van der Waals surface area contributed by atoms with E-state index in [0.29, 0.717) is 17.6 Å². The molecule has 0 radical (unpaired) electrons. The van der Waals surface area contributed by atoms with Crippen molar-refractivity contribution >= 4 is 17.9 Å². The highest BCUT2D eigenvalue weighted by Gasteiger charge is 2.31. The van der Waals surface area contributed by atoms with Gasteiger partial charge in [0.15, 0.2) is 0 Å². The van der Waals surface area contributed by atoms with Crippen LogP contribution < -0.4 is 5.11 Å². The van der Waals surface area contributed by atoms with Gasteiger partial charge in [-0.1, -0.05) is 32.6 Å². The van der Waals surface area contributed by atoms with E-state index in [1.54, 1.807) is 6.92 Å². The lowest BCUT2D eigenvalue weighted by Gasteiger charge is -2.40. The number of rotatable bonds is 15. The molecule has 0 heterocycles. The van der Waals surface area contributed by atoms with Crippen LogP contribution in [0.15, 0.2) is 0 Å². The normalized spacial score (nSPS) is 10.9. The maximum Gasteiger partial charge on any atom is 0.319 e. The SMILES string of the molecule is C#CC#CC#CC#CC#CC#CC(CC(=O)OC(C)C[N+](CCCC)(CCCC)CCC(=O)[O-])C(=O)O.[HH].[HH].[HH].[HH].[HH].[HH].[HH].[HH].[HH].[HH].[HH]. The number of hydrogen-bond donors (Lipinski definition) is 1. The second-order valence-electron chi connectivity index (χ2n) is 8.33. The highest BCUT2D eigenvalue weighted by Crippen LogP contribution is 2.17. The summed E-state index contributed by atoms with van der Waals surface area (Å²) in [6.45, 7) is 8.21. The Morgan fingerprint density at radius 1 is 0.919 bits per heavy atom. The molecule has 0 aliphatic rings. The van der Waals surface area contributed by atoms with Gasteiger partial charge < -0.3 is 24.2 Å². The fourth-order valence-corrected chi connectivity index (χ4v) is 3.52. The van der Waals surface area contributed by atoms with Crippen molar-refractivity contribution in [1.29, 1.82) is 0 Å². The van der Waals surface area contributed by atoms with Crippen LogP contribution in [0.1, 0.15) is 75.0 Å². The van der Waals surface area contributed by atoms with E-state index in [0.717, 1.165) is 38.8 Å². The smallest absolute Gasteiger partial charge is 0.319 e. The molecule has 2 atom stereocenters. The molecule has 0 fully saturated rings. The van der Waals surface area contributed by atoms with E-state index in [2.05, 4.69) is 79.0 Å². The molecule has 1 N–H and O–H groups in total. The summed E-state index contributed by atoms with van der Waals surface area (Å²) in [6, 6.07) is 0. The molecule has 216 valence electrons. The second kappa shape index (κ2) is 20.0. The van der Waals surface area contributed by atoms with Crippen LogP contribution in [0.25, 0.3) is 0 Å². The molecule has 7 heteroatoms. The van der Waals surface area contributed by atoms with Crippen LogP contribution in [0.2, 0.25) is 0 Å². The summed E-state index contributed by atoms with van der Waals surface area (Å²) < 4.78 is 6.01. The van der Waals surface area contributed by atoms with Crippen LogP contribution in [0, 0.1) is 77.5 Å². The Labute approximate surface area is 237 Å². The predicted molar refractivity (Wildman–Crippen MR) is 161 cm³/mol. The summed E-state index contributed by atoms with van der Waals surface area (Å²) >= 11 is 0. The number of aliphatic carboxylic acids is 2. The minimum atomic E-state index is -1.29. The summed E-state index contributed by atoms with van der Waals surface area (Å²) in [5, 5.41) is 20.5. The first-order chi connectivity index (χ1) is 17.7. The zero-order valence-electron chi connectivity index (χ0n) is 21.7. The Morgan fingerprint density at radius 2 is 1.43 bits per heavy atom. The zero-order chi connectivity index (χ0) is 27.9. The highest BCUT2D eigenvalue weighted by atomic mass is 16.5. The monoisotopic (exact) mass is 525 g/mol. The van der Waals surface area contributed by atoms with Gasteiger partial charge in [0.05, 0.1) is 26.1 Å². The van der Waals surface area contributed by atoms with Crippen LogP contribution in [0.4, 0.5) is 0 Å². The Bertz CT molecular complexity index is 1160. The molecule has 0 spiro atoms. The van der Waals surface area contributed by atoms with Gasteiger partial charge in [-0.3, -0.25) is 9.59 Å². The molecule has 0 aliphatic heterocycles. The van der Waals surface area contributed by atoms with Crippen molar-refractivity contribution in [2.45, 2.75) is 65.4 Å². The molecule has 0 aromatic heterocycles. The summed E-state index contributed by atoms with van der Waals surface area (Å²) in [6.07, 6.45) is 7.61. The topological polar surface area (TPSA) is 104 Å². The number of carboxylic acid groups (broad SMARTS) is 2. The molecule has 0 rings (SSSR count). The van der Waals surface area contributed by atoms with Crippen LogP contribution >= 0.6 is 0 Å². The number of carbonyl (C=O) groups is 3. The van der Waals surface area contributed by atoms with Gasteiger partial charge in [-0.2, -0.15) is 0 Å². The van der Waals surface area contributed by atoms with Crippen molar-refractivity contribution in [3.05, 3.63) is 0 Å². The molecule has 0 saturated heterocycles. The number of hydrogen-bond acceptors (Lipinski definition) is 5. The fourth-order valence-electron chi connectivity index (χ4n) is 3.52. The average Bonchev–Trinajstić information content (AvgIpc) is 2.84. The highest BCUT2D eigenvalue weighted by molar-refractivity contribution is 5.81. The minimum absolute atomic E-state index is 0. The molecule has 0 bridgehead atoms. The molecule has 0 saturated carbocycles. The summed E-state index contributed by atoms with van der Waals surface area (Å²) in [4.78, 5) is 35.1. The van der Waals surface area contributed by atoms with Gasteiger partial charge in [0, 0.05) is 28.1 Å². The lowest BCUT2D eigenvalue weighted by Crippen LogP contribution is -2.55. The Balaban J connectivity index is -0.000000118. The Morgan fingerprint density at radius 3 is 1.89 bits per heavy atom. The third kappa shape index (κ3) is 16.9. The van der Waals surface area contributed by atoms with Gasteiger partial charge in [-0.15, -0.1) is 6.42 Å². The van der Waals surface area contributed by atoms with Crippen LogP contribution in [-0.2, 0) is 19.1 Å². The summed E-state index contributed by atoms with van der Waals surface area (Å²) in [5.74, 6) is 21.7. The molecule has 7 nitrogen and oxygen atoms in total. The van der Waals surface area contributed by atoms with Crippen molar-refractivity contribution in [3.8, 4) is 71.5 Å². The number of ether oxygens (including phenoxy) is 1. The Hall–Kier alpha value is -4.27. The van der Waals surface area contributed by atoms with E-state index < -0.39 is 36.4 Å². The molecule has 0 aromatic rings. The number of quaternary nitrogens is 1. The predicted octanol–water partition coefficient (Wildman–Crippen LogP) is 3.92. The summed E-state index contributed by atoms with van der Waals surface area (Å²) in [7, 11) is 0. The van der Waals surface area contributed by atoms with Crippen molar-refractivity contribution in [2.24, 2.45) is 5.92 Å². The van der Waals surface area contributed by atoms with Gasteiger partial charge in [0.2, 0.25) is 0 Å². The number of carboxylic acids is 2. The lowest BCUT2D eigenvalue weighted by atomic mass is 10.1. The minimum Gasteiger partial charge on any atom is -0.550 e. The average molecular weight is 526 g/mol. The standard InChI is InChI=1S/C30H33NO6.11H2/c1-5-8-11-12-13-14-15-16-17-18-19-27(30(35)36)24-29(34)37-26(4)25-31(21-9-6-2,22-10-7-3)23-20-28(32)33;;;;;;;;;;;/h1,26-27H,6-7,9-10,20-25H2,2-4H3,(H-,32,33,35,36);11*1H. The van der Waals surface area contributed by atoms with Gasteiger partial charge in [-0.05, 0) is 79.0 Å². The quantitative estimate of drug-likeness (QED) is 0.197. The van der Waals surface area contributed by atoms with Gasteiger partial charge in [-0.25, -0.2) is 0 Å². The van der Waals surface area contributed by atoms with E-state index in [4.69, 9.17) is 11.2 Å². The van der Waals surface area contributed by atoms with Crippen molar-refractivity contribution in [2.75, 3.05) is 26.2 Å². The number of esters is 1. The van der Waals surface area contributed by atoms with Gasteiger partial charge >= 0.3 is 11.9 Å². The lowest BCUT2D eigenvalue weighted by molar-refractivity contribution is -0.930. The van der Waals surface area contributed by atoms with Crippen molar-refractivity contribution in [3.63, 3.8) is 0 Å². The maximum atomic E-state index is 12.5. The van der Waals surface area contributed by atoms with Gasteiger partial charge in [0.1, 0.15) is 18.6 Å². The molecule has 37 heavy (non-hydrogen) atoms. The fraction of sp³-hybridized carbons (Fsp3) is 0.500. The number of carbonyl (C=O) groups excluding carboxylic acids is 2. The third-order valence-electron chi connectivity index (χ3n) is 5.23. The second-order valence-corrected chi connectivity index (χ2v) is 8.33. The van der Waals surface area contributed by atoms with Crippen molar-refractivity contribution < 1.29 is 49.5 Å². The van der Waals surface area contributed by atoms with Gasteiger partial charge in [0.25, 0.3) is 0 Å². The van der Waals surface area contributed by atoms with E-state index in [-0.39, 0.29) is 22.1 Å². The maximum absolute atomic E-state index is 12.5. The van der Waals surface area contributed by atoms with E-state index in [9.17, 15) is 24.6 Å². The first kappa shape index (κ1) is 32.7. The zero-order valence-corrected chi connectivity index (χ0v) is 21.7.